The third kappa shape index (κ3) is 3.77. The van der Waals surface area contributed by atoms with Crippen LogP contribution in [0.15, 0.2) is 42.5 Å². The van der Waals surface area contributed by atoms with Crippen molar-refractivity contribution >= 4 is 40.5 Å². The maximum atomic E-state index is 12.2. The molecule has 3 rings (SSSR count). The second-order valence-corrected chi connectivity index (χ2v) is 6.04. The van der Waals surface area contributed by atoms with E-state index in [1.807, 2.05) is 0 Å². The predicted molar refractivity (Wildman–Crippen MR) is 93.9 cm³/mol. The number of amides is 2. The zero-order valence-corrected chi connectivity index (χ0v) is 13.8. The molecule has 0 unspecified atom stereocenters. The summed E-state index contributed by atoms with van der Waals surface area (Å²) in [5.74, 6) is -0.547. The molecule has 0 atom stereocenters. The van der Waals surface area contributed by atoms with E-state index < -0.39 is 4.92 Å². The topological polar surface area (TPSA) is 92.5 Å². The van der Waals surface area contributed by atoms with Crippen molar-refractivity contribution in [1.82, 2.24) is 0 Å². The molecule has 1 heterocycles. The van der Waals surface area contributed by atoms with Crippen LogP contribution in [0.2, 0.25) is 5.02 Å². The molecule has 0 saturated heterocycles. The number of carbonyl (C=O) groups is 2. The molecular weight excluding hydrogens is 346 g/mol. The average Bonchev–Trinajstić information content (AvgIpc) is 2.59. The fourth-order valence-corrected chi connectivity index (χ4v) is 2.84. The average molecular weight is 360 g/mol. The summed E-state index contributed by atoms with van der Waals surface area (Å²) in [5, 5.41) is 14.1. The van der Waals surface area contributed by atoms with Crippen LogP contribution in [0.4, 0.5) is 17.1 Å². The largest absolute Gasteiger partial charge is 0.325 e. The van der Waals surface area contributed by atoms with Crippen LogP contribution in [-0.4, -0.2) is 23.3 Å². The molecule has 1 aliphatic heterocycles. The van der Waals surface area contributed by atoms with Crippen molar-refractivity contribution in [2.24, 2.45) is 0 Å². The van der Waals surface area contributed by atoms with E-state index in [1.165, 1.54) is 23.1 Å². The Labute approximate surface area is 148 Å². The quantitative estimate of drug-likeness (QED) is 0.670. The summed E-state index contributed by atoms with van der Waals surface area (Å²) < 4.78 is 0. The number of rotatable bonds is 4. The number of carbonyl (C=O) groups excluding carboxylic acids is 2. The zero-order chi connectivity index (χ0) is 18.0. The highest BCUT2D eigenvalue weighted by Gasteiger charge is 2.27. The van der Waals surface area contributed by atoms with Crippen molar-refractivity contribution in [2.75, 3.05) is 16.8 Å². The first-order valence-electron chi connectivity index (χ1n) is 7.57. The van der Waals surface area contributed by atoms with Crippen molar-refractivity contribution in [3.8, 4) is 0 Å². The number of hydrogen-bond acceptors (Lipinski definition) is 4. The number of benzene rings is 2. The lowest BCUT2D eigenvalue weighted by atomic mass is 10.0. The summed E-state index contributed by atoms with van der Waals surface area (Å²) in [4.78, 5) is 36.2. The number of hydrogen-bond donors (Lipinski definition) is 1. The molecule has 7 nitrogen and oxygen atoms in total. The van der Waals surface area contributed by atoms with Gasteiger partial charge in [-0.15, -0.1) is 0 Å². The van der Waals surface area contributed by atoms with Gasteiger partial charge in [0.25, 0.3) is 5.69 Å². The molecule has 128 valence electrons. The Morgan fingerprint density at radius 1 is 1.20 bits per heavy atom. The maximum absolute atomic E-state index is 12.2. The van der Waals surface area contributed by atoms with Crippen LogP contribution in [0, 0.1) is 10.1 Å². The Balaban J connectivity index is 1.78. The normalized spacial score (nSPS) is 13.3. The van der Waals surface area contributed by atoms with Gasteiger partial charge in [0.15, 0.2) is 0 Å². The number of nitro groups is 1. The van der Waals surface area contributed by atoms with E-state index in [0.29, 0.717) is 28.4 Å². The van der Waals surface area contributed by atoms with Gasteiger partial charge in [-0.05, 0) is 42.3 Å². The lowest BCUT2D eigenvalue weighted by Gasteiger charge is -2.28. The highest BCUT2D eigenvalue weighted by atomic mass is 35.5. The third-order valence-corrected chi connectivity index (χ3v) is 4.16. The minimum Gasteiger partial charge on any atom is -0.325 e. The predicted octanol–water partition coefficient (Wildman–Crippen LogP) is 3.17. The van der Waals surface area contributed by atoms with E-state index >= 15 is 0 Å². The first-order chi connectivity index (χ1) is 11.9. The molecule has 0 aliphatic carbocycles. The number of nitro benzene ring substituents is 1. The maximum Gasteiger partial charge on any atom is 0.269 e. The van der Waals surface area contributed by atoms with Crippen LogP contribution >= 0.6 is 11.6 Å². The fraction of sp³-hybridized carbons (Fsp3) is 0.176. The van der Waals surface area contributed by atoms with Gasteiger partial charge in [0.2, 0.25) is 11.8 Å². The number of halogens is 1. The highest BCUT2D eigenvalue weighted by molar-refractivity contribution is 6.30. The van der Waals surface area contributed by atoms with Crippen LogP contribution < -0.4 is 10.2 Å². The highest BCUT2D eigenvalue weighted by Crippen LogP contribution is 2.31. The van der Waals surface area contributed by atoms with E-state index in [2.05, 4.69) is 5.32 Å². The lowest BCUT2D eigenvalue weighted by Crippen LogP contribution is -2.40. The van der Waals surface area contributed by atoms with E-state index in [-0.39, 0.29) is 30.5 Å². The van der Waals surface area contributed by atoms with Gasteiger partial charge in [-0.3, -0.25) is 19.7 Å². The molecule has 2 aromatic rings. The van der Waals surface area contributed by atoms with Crippen molar-refractivity contribution in [3.63, 3.8) is 0 Å². The summed E-state index contributed by atoms with van der Waals surface area (Å²) >= 11 is 5.80. The number of aryl methyl sites for hydroxylation is 1. The van der Waals surface area contributed by atoms with E-state index in [4.69, 9.17) is 11.6 Å². The molecule has 8 heteroatoms. The number of anilines is 2. The lowest BCUT2D eigenvalue weighted by molar-refractivity contribution is -0.384. The van der Waals surface area contributed by atoms with Gasteiger partial charge in [0.1, 0.15) is 6.54 Å². The number of nitrogens with zero attached hydrogens (tertiary/aromatic N) is 2. The van der Waals surface area contributed by atoms with Gasteiger partial charge in [0, 0.05) is 35.0 Å². The van der Waals surface area contributed by atoms with Gasteiger partial charge in [-0.25, -0.2) is 0 Å². The van der Waals surface area contributed by atoms with Gasteiger partial charge in [-0.1, -0.05) is 11.6 Å². The second-order valence-electron chi connectivity index (χ2n) is 5.61. The molecule has 0 saturated carbocycles. The molecule has 0 aromatic heterocycles. The SMILES string of the molecule is O=C(CN1C(=O)CCc2cc([N+](=O)[O-])ccc21)Nc1ccc(Cl)cc1. The molecule has 2 amide bonds. The monoisotopic (exact) mass is 359 g/mol. The Bertz CT molecular complexity index is 851. The van der Waals surface area contributed by atoms with Crippen LogP contribution in [0.3, 0.4) is 0 Å². The minimum absolute atomic E-state index is 0.0290. The van der Waals surface area contributed by atoms with E-state index in [0.717, 1.165) is 0 Å². The van der Waals surface area contributed by atoms with E-state index in [9.17, 15) is 19.7 Å². The number of nitrogens with one attached hydrogen (secondary N) is 1. The molecule has 25 heavy (non-hydrogen) atoms. The van der Waals surface area contributed by atoms with E-state index in [1.54, 1.807) is 24.3 Å². The molecule has 0 fully saturated rings. The second kappa shape index (κ2) is 6.90. The molecule has 0 bridgehead atoms. The van der Waals surface area contributed by atoms with Gasteiger partial charge >= 0.3 is 0 Å². The standard InChI is InChI=1S/C17H14ClN3O4/c18-12-2-4-13(5-3-12)19-16(22)10-20-15-7-6-14(21(24)25)9-11(15)1-8-17(20)23/h2-7,9H,1,8,10H2,(H,19,22). The molecule has 0 spiro atoms. The van der Waals surface area contributed by atoms with Crippen molar-refractivity contribution < 1.29 is 14.5 Å². The fourth-order valence-electron chi connectivity index (χ4n) is 2.71. The van der Waals surface area contributed by atoms with Gasteiger partial charge in [0.05, 0.1) is 4.92 Å². The smallest absolute Gasteiger partial charge is 0.269 e. The Morgan fingerprint density at radius 2 is 1.92 bits per heavy atom. The number of fused-ring (bicyclic) bond motifs is 1. The Morgan fingerprint density at radius 3 is 2.60 bits per heavy atom. The Hall–Kier alpha value is -2.93. The van der Waals surface area contributed by atoms with Crippen molar-refractivity contribution in [2.45, 2.75) is 12.8 Å². The van der Waals surface area contributed by atoms with Crippen LogP contribution in [0.1, 0.15) is 12.0 Å². The summed E-state index contributed by atoms with van der Waals surface area (Å²) in [6.45, 7) is -0.160. The zero-order valence-electron chi connectivity index (χ0n) is 13.1. The van der Waals surface area contributed by atoms with Gasteiger partial charge in [-0.2, -0.15) is 0 Å². The summed E-state index contributed by atoms with van der Waals surface area (Å²) in [6, 6.07) is 10.9. The molecule has 1 N–H and O–H groups in total. The first kappa shape index (κ1) is 16.9. The Kier molecular flexibility index (Phi) is 4.67. The van der Waals surface area contributed by atoms with Gasteiger partial charge < -0.3 is 10.2 Å². The van der Waals surface area contributed by atoms with Crippen molar-refractivity contribution in [1.29, 1.82) is 0 Å². The van der Waals surface area contributed by atoms with Crippen molar-refractivity contribution in [3.05, 3.63) is 63.2 Å². The summed E-state index contributed by atoms with van der Waals surface area (Å²) in [6.07, 6.45) is 0.632. The van der Waals surface area contributed by atoms with Crippen LogP contribution in [0.25, 0.3) is 0 Å². The number of non-ortho nitro benzene ring substituents is 1. The minimum atomic E-state index is -0.478. The summed E-state index contributed by atoms with van der Waals surface area (Å²) in [7, 11) is 0. The van der Waals surface area contributed by atoms with Crippen LogP contribution in [0.5, 0.6) is 0 Å². The third-order valence-electron chi connectivity index (χ3n) is 3.90. The van der Waals surface area contributed by atoms with Crippen LogP contribution in [-0.2, 0) is 16.0 Å². The first-order valence-corrected chi connectivity index (χ1v) is 7.95. The molecular formula is C17H14ClN3O4. The summed E-state index contributed by atoms with van der Waals surface area (Å²) in [5.41, 5.74) is 1.77. The molecule has 2 aromatic carbocycles. The molecule has 1 aliphatic rings. The molecule has 0 radical (unpaired) electrons.